The zero-order valence-electron chi connectivity index (χ0n) is 22.9. The average molecular weight is 496 g/mol. The Bertz CT molecular complexity index is 983. The monoisotopic (exact) mass is 495 g/mol. The maximum Gasteiger partial charge on any atom is 0.193 e. The fourth-order valence-electron chi connectivity index (χ4n) is 2.74. The van der Waals surface area contributed by atoms with Crippen molar-refractivity contribution in [3.05, 3.63) is 96.2 Å². The molecule has 0 saturated heterocycles. The van der Waals surface area contributed by atoms with Crippen molar-refractivity contribution in [1.29, 1.82) is 0 Å². The van der Waals surface area contributed by atoms with Crippen LogP contribution in [-0.2, 0) is 14.5 Å². The van der Waals surface area contributed by atoms with Crippen LogP contribution in [0.2, 0.25) is 0 Å². The molecule has 0 spiro atoms. The van der Waals surface area contributed by atoms with E-state index in [0.717, 1.165) is 34.7 Å². The highest BCUT2D eigenvalue weighted by molar-refractivity contribution is 5.98. The summed E-state index contributed by atoms with van der Waals surface area (Å²) in [7, 11) is 8.82. The van der Waals surface area contributed by atoms with E-state index in [4.69, 9.17) is 9.68 Å². The van der Waals surface area contributed by atoms with Gasteiger partial charge in [-0.2, -0.15) is 0 Å². The largest absolute Gasteiger partial charge is 0.397 e. The highest BCUT2D eigenvalue weighted by atomic mass is 16.6. The summed E-state index contributed by atoms with van der Waals surface area (Å²) >= 11 is 0. The molecule has 2 aromatic rings. The van der Waals surface area contributed by atoms with E-state index < -0.39 is 0 Å². The number of carbonyl (C=O) groups excluding carboxylic acids is 1. The number of benzene rings is 2. The summed E-state index contributed by atoms with van der Waals surface area (Å²) in [6.07, 6.45) is 0.722. The normalized spacial score (nSPS) is 10.4. The number of hydrazine groups is 1. The standard InChI is InChI=1S/C15H21N3O.C10H14N2O.C3H6O/c1-12(2)11-13(3)16-18(4)15(17-19-5)14-9-7-6-8-10-14;1-12(2)10(11-13-3)9-7-5-4-6-8-9;1-3(2)4/h6-10,16H,1,3,11H2,2,4-5H3;4-8H,1-3H3;1-2H3/b17-15+;11-10+;. The van der Waals surface area contributed by atoms with Crippen molar-refractivity contribution in [3.63, 3.8) is 0 Å². The van der Waals surface area contributed by atoms with Crippen LogP contribution in [0.3, 0.4) is 0 Å². The molecule has 0 radical (unpaired) electrons. The molecule has 196 valence electrons. The van der Waals surface area contributed by atoms with Crippen LogP contribution in [0.4, 0.5) is 0 Å². The van der Waals surface area contributed by atoms with Crippen molar-refractivity contribution in [2.24, 2.45) is 10.3 Å². The minimum absolute atomic E-state index is 0.167. The van der Waals surface area contributed by atoms with Gasteiger partial charge in [-0.05, 0) is 20.8 Å². The molecule has 0 unspecified atom stereocenters. The predicted molar refractivity (Wildman–Crippen MR) is 149 cm³/mol. The number of Topliss-reactive ketones (excluding diaryl/α,β-unsaturated/α-hetero) is 1. The second-order valence-electron chi connectivity index (χ2n) is 8.14. The fraction of sp³-hybridized carbons (Fsp3) is 0.321. The number of rotatable bonds is 8. The van der Waals surface area contributed by atoms with Gasteiger partial charge in [-0.3, -0.25) is 5.01 Å². The molecule has 0 aliphatic rings. The number of nitrogens with zero attached hydrogens (tertiary/aromatic N) is 4. The van der Waals surface area contributed by atoms with Gasteiger partial charge >= 0.3 is 0 Å². The lowest BCUT2D eigenvalue weighted by Gasteiger charge is -2.24. The molecule has 0 aromatic heterocycles. The Kier molecular flexibility index (Phi) is 16.2. The predicted octanol–water partition coefficient (Wildman–Crippen LogP) is 5.06. The van der Waals surface area contributed by atoms with E-state index >= 15 is 0 Å². The quantitative estimate of drug-likeness (QED) is 0.239. The Morgan fingerprint density at radius 1 is 0.806 bits per heavy atom. The second kappa shape index (κ2) is 18.3. The van der Waals surface area contributed by atoms with Crippen molar-refractivity contribution < 1.29 is 14.5 Å². The number of nitrogens with one attached hydrogen (secondary N) is 1. The summed E-state index contributed by atoms with van der Waals surface area (Å²) in [6.45, 7) is 12.9. The SMILES string of the molecule is C=C(C)CC(=C)NN(C)/C(=N/OC)c1ccccc1.CC(C)=O.CO/N=C(\c1ccccc1)N(C)C. The van der Waals surface area contributed by atoms with Gasteiger partial charge in [0.05, 0.1) is 0 Å². The first kappa shape index (κ1) is 31.9. The molecule has 1 N–H and O–H groups in total. The van der Waals surface area contributed by atoms with Gasteiger partial charge in [0, 0.05) is 44.4 Å². The third kappa shape index (κ3) is 14.2. The van der Waals surface area contributed by atoms with Crippen LogP contribution in [0.15, 0.2) is 95.4 Å². The number of amidine groups is 2. The van der Waals surface area contributed by atoms with E-state index in [9.17, 15) is 4.79 Å². The average Bonchev–Trinajstić information content (AvgIpc) is 2.81. The van der Waals surface area contributed by atoms with E-state index in [1.807, 2.05) is 93.6 Å². The maximum atomic E-state index is 9.44. The summed E-state index contributed by atoms with van der Waals surface area (Å²) in [5.74, 6) is 1.68. The zero-order chi connectivity index (χ0) is 27.5. The molecule has 0 aliphatic carbocycles. The lowest BCUT2D eigenvalue weighted by atomic mass is 10.2. The Morgan fingerprint density at radius 2 is 1.19 bits per heavy atom. The molecule has 0 aliphatic heterocycles. The van der Waals surface area contributed by atoms with Crippen molar-refractivity contribution in [2.45, 2.75) is 27.2 Å². The molecule has 0 fully saturated rings. The van der Waals surface area contributed by atoms with E-state index in [-0.39, 0.29) is 5.78 Å². The Labute approximate surface area is 216 Å². The van der Waals surface area contributed by atoms with Gasteiger partial charge < -0.3 is 24.8 Å². The first-order valence-electron chi connectivity index (χ1n) is 11.3. The van der Waals surface area contributed by atoms with Crippen molar-refractivity contribution >= 4 is 17.5 Å². The minimum Gasteiger partial charge on any atom is -0.397 e. The van der Waals surface area contributed by atoms with Gasteiger partial charge in [0.2, 0.25) is 0 Å². The number of allylic oxidation sites excluding steroid dienone is 1. The van der Waals surface area contributed by atoms with Crippen LogP contribution in [0.25, 0.3) is 0 Å². The van der Waals surface area contributed by atoms with Gasteiger partial charge in [0.1, 0.15) is 20.0 Å². The first-order valence-corrected chi connectivity index (χ1v) is 11.3. The zero-order valence-corrected chi connectivity index (χ0v) is 22.9. The van der Waals surface area contributed by atoms with Crippen LogP contribution < -0.4 is 5.43 Å². The minimum atomic E-state index is 0.167. The first-order chi connectivity index (χ1) is 17.0. The molecular formula is C28H41N5O3. The highest BCUT2D eigenvalue weighted by Crippen LogP contribution is 2.08. The molecule has 36 heavy (non-hydrogen) atoms. The number of carbonyl (C=O) groups is 1. The molecule has 0 saturated carbocycles. The Balaban J connectivity index is 0.000000622. The van der Waals surface area contributed by atoms with E-state index in [1.165, 1.54) is 21.0 Å². The van der Waals surface area contributed by atoms with Crippen LogP contribution >= 0.6 is 0 Å². The molecule has 0 atom stereocenters. The highest BCUT2D eigenvalue weighted by Gasteiger charge is 2.10. The fourth-order valence-corrected chi connectivity index (χ4v) is 2.74. The van der Waals surface area contributed by atoms with Crippen LogP contribution in [0.1, 0.15) is 38.3 Å². The Hall–Kier alpha value is -4.07. The van der Waals surface area contributed by atoms with Crippen molar-refractivity contribution in [2.75, 3.05) is 35.4 Å². The molecule has 8 heteroatoms. The summed E-state index contributed by atoms with van der Waals surface area (Å²) in [5, 5.41) is 9.76. The maximum absolute atomic E-state index is 9.44. The van der Waals surface area contributed by atoms with Gasteiger partial charge in [-0.25, -0.2) is 0 Å². The topological polar surface area (TPSA) is 78.8 Å². The lowest BCUT2D eigenvalue weighted by molar-refractivity contribution is -0.114. The third-order valence-corrected chi connectivity index (χ3v) is 4.00. The number of ketones is 1. The van der Waals surface area contributed by atoms with E-state index in [1.54, 1.807) is 12.1 Å². The molecular weight excluding hydrogens is 454 g/mol. The smallest absolute Gasteiger partial charge is 0.193 e. The van der Waals surface area contributed by atoms with E-state index in [0.29, 0.717) is 5.84 Å². The van der Waals surface area contributed by atoms with Crippen LogP contribution in [0.5, 0.6) is 0 Å². The van der Waals surface area contributed by atoms with Gasteiger partial charge in [-0.1, -0.05) is 89.7 Å². The van der Waals surface area contributed by atoms with E-state index in [2.05, 4.69) is 28.9 Å². The van der Waals surface area contributed by atoms with Crippen molar-refractivity contribution in [3.8, 4) is 0 Å². The number of hydrogen-bond acceptors (Lipinski definition) is 6. The number of oxime groups is 2. The molecule has 0 heterocycles. The van der Waals surface area contributed by atoms with Gasteiger partial charge in [-0.15, -0.1) is 0 Å². The second-order valence-corrected chi connectivity index (χ2v) is 8.14. The molecule has 0 amide bonds. The summed E-state index contributed by atoms with van der Waals surface area (Å²) < 4.78 is 0. The summed E-state index contributed by atoms with van der Waals surface area (Å²) in [5.41, 5.74) is 7.08. The van der Waals surface area contributed by atoms with Crippen LogP contribution in [-0.4, -0.2) is 62.7 Å². The van der Waals surface area contributed by atoms with Gasteiger partial charge in [0.15, 0.2) is 11.7 Å². The number of hydrogen-bond donors (Lipinski definition) is 1. The summed E-state index contributed by atoms with van der Waals surface area (Å²) in [6, 6.07) is 19.7. The Morgan fingerprint density at radius 3 is 1.56 bits per heavy atom. The third-order valence-electron chi connectivity index (χ3n) is 4.00. The molecule has 0 bridgehead atoms. The molecule has 2 aromatic carbocycles. The van der Waals surface area contributed by atoms with Gasteiger partial charge in [0.25, 0.3) is 0 Å². The van der Waals surface area contributed by atoms with Crippen LogP contribution in [0, 0.1) is 0 Å². The lowest BCUT2D eigenvalue weighted by Crippen LogP contribution is -2.39. The molecule has 8 nitrogen and oxygen atoms in total. The summed E-state index contributed by atoms with van der Waals surface area (Å²) in [4.78, 5) is 21.0. The molecule has 2 rings (SSSR count). The van der Waals surface area contributed by atoms with Crippen molar-refractivity contribution in [1.82, 2.24) is 15.3 Å².